The number of benzene rings is 1. The number of hydrogen-bond donors (Lipinski definition) is 1. The predicted octanol–water partition coefficient (Wildman–Crippen LogP) is 4.80. The minimum absolute atomic E-state index is 0.00968. The third kappa shape index (κ3) is 7.54. The highest BCUT2D eigenvalue weighted by Gasteiger charge is 2.42. The van der Waals surface area contributed by atoms with Gasteiger partial charge in [0.1, 0.15) is 11.9 Å². The number of allylic oxidation sites excluding steroid dienone is 4. The Balaban J connectivity index is 1.60. The van der Waals surface area contributed by atoms with Gasteiger partial charge in [0.15, 0.2) is 0 Å². The monoisotopic (exact) mass is 619 g/mol. The van der Waals surface area contributed by atoms with Gasteiger partial charge in [-0.25, -0.2) is 13.4 Å². The van der Waals surface area contributed by atoms with Crippen molar-refractivity contribution in [2.75, 3.05) is 24.5 Å². The summed E-state index contributed by atoms with van der Waals surface area (Å²) in [5.74, 6) is -0.911. The highest BCUT2D eigenvalue weighted by molar-refractivity contribution is 7.93. The lowest BCUT2D eigenvalue weighted by Gasteiger charge is -2.40. The van der Waals surface area contributed by atoms with Gasteiger partial charge in [0.2, 0.25) is 15.9 Å². The maximum Gasteiger partial charge on any atom is 0.412 e. The Morgan fingerprint density at radius 3 is 2.40 bits per heavy atom. The smallest absolute Gasteiger partial charge is 0.353 e. The lowest BCUT2D eigenvalue weighted by Crippen LogP contribution is -2.60. The Hall–Kier alpha value is -3.91. The summed E-state index contributed by atoms with van der Waals surface area (Å²) in [7, 11) is -4.31. The van der Waals surface area contributed by atoms with Gasteiger partial charge in [-0.05, 0) is 54.5 Å². The van der Waals surface area contributed by atoms with Crippen molar-refractivity contribution in [1.82, 2.24) is 14.6 Å². The van der Waals surface area contributed by atoms with Crippen LogP contribution in [-0.4, -0.2) is 61.4 Å². The van der Waals surface area contributed by atoms with Crippen LogP contribution in [0.15, 0.2) is 70.4 Å². The number of piperazine rings is 1. The van der Waals surface area contributed by atoms with Gasteiger partial charge in [-0.15, -0.1) is 4.91 Å². The van der Waals surface area contributed by atoms with E-state index in [1.54, 1.807) is 4.90 Å². The minimum Gasteiger partial charge on any atom is -0.353 e. The van der Waals surface area contributed by atoms with Gasteiger partial charge in [-0.1, -0.05) is 44.2 Å². The zero-order valence-electron chi connectivity index (χ0n) is 23.7. The normalized spacial score (nSPS) is 18.5. The first-order valence-electron chi connectivity index (χ1n) is 13.7. The predicted molar refractivity (Wildman–Crippen MR) is 154 cm³/mol. The van der Waals surface area contributed by atoms with Crippen molar-refractivity contribution in [2.24, 2.45) is 5.18 Å². The molecule has 2 amide bonds. The molecule has 14 heteroatoms. The molecule has 4 rings (SSSR count). The fourth-order valence-electron chi connectivity index (χ4n) is 4.97. The number of nitrogens with one attached hydrogen (secondary N) is 1. The Morgan fingerprint density at radius 1 is 1.07 bits per heavy atom. The lowest BCUT2D eigenvalue weighted by molar-refractivity contribution is -0.125. The standard InChI is InChI=1S/C29H32F3N5O5S/c1-19(2)21-8-6-20(7-9-21)16-34-28(39)25-18-36(26-13-10-22(17-33-26)27(38)35-40)14-15-37(25)43(41,42)24-5-3-4-23(11-12-24)29(30,31)32/h6-13,17,19,25H,3-5,14-16,18H2,1-2H3,(H,34,39)/t25-/m1/s1. The van der Waals surface area contributed by atoms with Crippen LogP contribution in [0.4, 0.5) is 19.0 Å². The SMILES string of the molecule is CC(C)c1ccc(CNC(=O)[C@H]2CN(c3ccc(C(=O)N=O)cn3)CCN2S(=O)(=O)C2=CC=C(C(F)(F)F)CCC2)cc1. The number of aromatic nitrogens is 1. The number of alkyl halides is 3. The van der Waals surface area contributed by atoms with Crippen LogP contribution in [0.25, 0.3) is 0 Å². The molecular weight excluding hydrogens is 587 g/mol. The number of halogens is 3. The number of carbonyl (C=O) groups excluding carboxylic acids is 2. The van der Waals surface area contributed by atoms with Crippen LogP contribution in [-0.2, 0) is 21.4 Å². The van der Waals surface area contributed by atoms with E-state index >= 15 is 0 Å². The quantitative estimate of drug-likeness (QED) is 0.420. The average Bonchev–Trinajstić information content (AvgIpc) is 3.27. The van der Waals surface area contributed by atoms with Crippen LogP contribution < -0.4 is 10.2 Å². The molecule has 1 aliphatic carbocycles. The minimum atomic E-state index is -4.56. The lowest BCUT2D eigenvalue weighted by atomic mass is 10.0. The summed E-state index contributed by atoms with van der Waals surface area (Å²) >= 11 is 0. The fraction of sp³-hybridized carbons (Fsp3) is 0.414. The molecule has 1 saturated heterocycles. The van der Waals surface area contributed by atoms with E-state index in [1.807, 2.05) is 24.3 Å². The Kier molecular flexibility index (Phi) is 9.80. The fourth-order valence-corrected chi connectivity index (χ4v) is 6.73. The molecule has 0 spiro atoms. The second-order valence-electron chi connectivity index (χ2n) is 10.7. The largest absolute Gasteiger partial charge is 0.412 e. The topological polar surface area (TPSA) is 129 Å². The molecule has 2 aromatic rings. The van der Waals surface area contributed by atoms with Gasteiger partial charge in [0.25, 0.3) is 0 Å². The van der Waals surface area contributed by atoms with Gasteiger partial charge >= 0.3 is 12.1 Å². The van der Waals surface area contributed by atoms with Gasteiger partial charge in [0, 0.05) is 43.1 Å². The van der Waals surface area contributed by atoms with E-state index in [2.05, 4.69) is 29.3 Å². The van der Waals surface area contributed by atoms with E-state index in [0.29, 0.717) is 11.7 Å². The molecule has 1 atom stereocenters. The number of rotatable bonds is 8. The van der Waals surface area contributed by atoms with Crippen LogP contribution in [0.1, 0.15) is 60.5 Å². The van der Waals surface area contributed by atoms with E-state index in [4.69, 9.17) is 0 Å². The van der Waals surface area contributed by atoms with Crippen LogP contribution in [0, 0.1) is 4.91 Å². The van der Waals surface area contributed by atoms with Crippen LogP contribution in [0.2, 0.25) is 0 Å². The first-order chi connectivity index (χ1) is 20.3. The van der Waals surface area contributed by atoms with Crippen LogP contribution in [0.5, 0.6) is 0 Å². The number of sulfonamides is 1. The third-order valence-electron chi connectivity index (χ3n) is 7.49. The summed E-state index contributed by atoms with van der Waals surface area (Å²) in [5, 5.41) is 5.16. The summed E-state index contributed by atoms with van der Waals surface area (Å²) in [6.45, 7) is 4.11. The molecule has 43 heavy (non-hydrogen) atoms. The van der Waals surface area contributed by atoms with Gasteiger partial charge in [-0.2, -0.15) is 17.5 Å². The molecule has 0 unspecified atom stereocenters. The number of hydrogen-bond acceptors (Lipinski definition) is 7. The van der Waals surface area contributed by atoms with Crippen LogP contribution >= 0.6 is 0 Å². The molecule has 0 bridgehead atoms. The summed E-state index contributed by atoms with van der Waals surface area (Å²) < 4.78 is 68.5. The molecule has 230 valence electrons. The van der Waals surface area contributed by atoms with Crippen LogP contribution in [0.3, 0.4) is 0 Å². The van der Waals surface area contributed by atoms with Gasteiger partial charge in [-0.3, -0.25) is 9.59 Å². The van der Waals surface area contributed by atoms with E-state index in [0.717, 1.165) is 27.6 Å². The average molecular weight is 620 g/mol. The van der Waals surface area contributed by atoms with Gasteiger partial charge < -0.3 is 10.2 Å². The van der Waals surface area contributed by atoms with E-state index in [-0.39, 0.29) is 55.9 Å². The molecular formula is C29H32F3N5O5S. The summed E-state index contributed by atoms with van der Waals surface area (Å²) in [4.78, 5) is 41.3. The zero-order valence-corrected chi connectivity index (χ0v) is 24.5. The van der Waals surface area contributed by atoms with E-state index in [9.17, 15) is 36.1 Å². The molecule has 1 aliphatic heterocycles. The van der Waals surface area contributed by atoms with E-state index < -0.39 is 39.6 Å². The number of nitrogens with zero attached hydrogens (tertiary/aromatic N) is 4. The molecule has 2 aliphatic rings. The first kappa shape index (κ1) is 32.0. The molecule has 1 aromatic carbocycles. The number of anilines is 1. The number of pyridine rings is 1. The van der Waals surface area contributed by atoms with Crippen molar-refractivity contribution < 1.29 is 31.2 Å². The number of amides is 2. The van der Waals surface area contributed by atoms with E-state index in [1.165, 1.54) is 18.3 Å². The Bertz CT molecular complexity index is 1520. The maximum absolute atomic E-state index is 13.8. The molecule has 0 radical (unpaired) electrons. The summed E-state index contributed by atoms with van der Waals surface area (Å²) in [5.41, 5.74) is 1.10. The first-order valence-corrected chi connectivity index (χ1v) is 15.2. The highest BCUT2D eigenvalue weighted by Crippen LogP contribution is 2.34. The molecule has 1 aromatic heterocycles. The second kappa shape index (κ2) is 13.2. The van der Waals surface area contributed by atoms with Crippen molar-refractivity contribution in [3.05, 3.63) is 86.8 Å². The van der Waals surface area contributed by atoms with Gasteiger partial charge in [0.05, 0.1) is 10.5 Å². The molecule has 2 heterocycles. The molecule has 1 N–H and O–H groups in total. The Labute approximate surface area is 247 Å². The van der Waals surface area contributed by atoms with Crippen molar-refractivity contribution in [1.29, 1.82) is 0 Å². The van der Waals surface area contributed by atoms with Crippen molar-refractivity contribution in [3.8, 4) is 0 Å². The Morgan fingerprint density at radius 2 is 1.79 bits per heavy atom. The summed E-state index contributed by atoms with van der Waals surface area (Å²) in [6.07, 6.45) is -2.03. The third-order valence-corrected chi connectivity index (χ3v) is 9.55. The maximum atomic E-state index is 13.8. The zero-order chi connectivity index (χ0) is 31.4. The number of carbonyl (C=O) groups is 2. The summed E-state index contributed by atoms with van der Waals surface area (Å²) in [6, 6.07) is 9.23. The molecule has 1 fully saturated rings. The number of nitroso groups, excluding NO2 is 1. The molecule has 0 saturated carbocycles. The molecule has 10 nitrogen and oxygen atoms in total. The van der Waals surface area contributed by atoms with Crippen molar-refractivity contribution in [3.63, 3.8) is 0 Å². The van der Waals surface area contributed by atoms with Crippen molar-refractivity contribution in [2.45, 2.75) is 57.8 Å². The highest BCUT2D eigenvalue weighted by atomic mass is 32.2. The second-order valence-corrected chi connectivity index (χ2v) is 12.6. The van der Waals surface area contributed by atoms with Crippen molar-refractivity contribution >= 4 is 27.7 Å².